The number of rotatable bonds is 7. The topological polar surface area (TPSA) is 30.9 Å². The van der Waals surface area contributed by atoms with Crippen molar-refractivity contribution in [2.24, 2.45) is 0 Å². The Labute approximate surface area is 131 Å². The zero-order valence-corrected chi connectivity index (χ0v) is 14.5. The summed E-state index contributed by atoms with van der Waals surface area (Å²) in [6.45, 7) is 2.50. The summed E-state index contributed by atoms with van der Waals surface area (Å²) in [7, 11) is 7.04. The molecular weight excluding hydrogens is 341 g/mol. The fourth-order valence-corrected chi connectivity index (χ4v) is 4.67. The minimum absolute atomic E-state index is 0. The molecule has 0 radical (unpaired) electrons. The fourth-order valence-electron chi connectivity index (χ4n) is 1.75. The first-order chi connectivity index (χ1) is 9.08. The van der Waals surface area contributed by atoms with E-state index in [2.05, 4.69) is 34.1 Å². The van der Waals surface area contributed by atoms with Crippen LogP contribution in [0.15, 0.2) is 12.1 Å². The Morgan fingerprint density at radius 3 is 1.95 bits per heavy atom. The minimum Gasteiger partial charge on any atom is -0.496 e. The van der Waals surface area contributed by atoms with Crippen LogP contribution in [0.2, 0.25) is 0 Å². The van der Waals surface area contributed by atoms with Gasteiger partial charge in [0.15, 0.2) is 0 Å². The summed E-state index contributed by atoms with van der Waals surface area (Å²) < 4.78 is 18.5. The molecule has 0 saturated heterocycles. The van der Waals surface area contributed by atoms with E-state index >= 15 is 0 Å². The van der Waals surface area contributed by atoms with E-state index in [9.17, 15) is 0 Å². The number of nitrogens with zero attached hydrogens (tertiary/aromatic N) is 1. The summed E-state index contributed by atoms with van der Waals surface area (Å²) in [6, 6.07) is 3.77. The van der Waals surface area contributed by atoms with Gasteiger partial charge in [-0.05, 0) is 29.0 Å². The van der Waals surface area contributed by atoms with E-state index in [-0.39, 0.29) is 7.43 Å². The van der Waals surface area contributed by atoms with Gasteiger partial charge in [-0.2, -0.15) is 0 Å². The number of hydrogen-bond donors (Lipinski definition) is 0. The molecule has 1 aromatic carbocycles. The van der Waals surface area contributed by atoms with Crippen LogP contribution in [0.3, 0.4) is 0 Å². The highest BCUT2D eigenvalue weighted by molar-refractivity contribution is 9.39. The van der Waals surface area contributed by atoms with Gasteiger partial charge in [-0.3, -0.25) is 4.67 Å². The van der Waals surface area contributed by atoms with Gasteiger partial charge in [-0.1, -0.05) is 14.4 Å². The number of methoxy groups -OCH3 is 3. The van der Waals surface area contributed by atoms with E-state index in [0.29, 0.717) is 0 Å². The monoisotopic (exact) mass is 365 g/mol. The third-order valence-corrected chi connectivity index (χ3v) is 7.02. The predicted octanol–water partition coefficient (Wildman–Crippen LogP) is 4.02. The average molecular weight is 366 g/mol. The van der Waals surface area contributed by atoms with Crippen LogP contribution in [0, 0.1) is 0 Å². The van der Waals surface area contributed by atoms with Crippen molar-refractivity contribution >= 4 is 27.6 Å². The first kappa shape index (κ1) is 19.5. The van der Waals surface area contributed by atoms with E-state index in [4.69, 9.17) is 14.2 Å². The average Bonchev–Trinajstić information content (AvgIpc) is 2.44. The van der Waals surface area contributed by atoms with Gasteiger partial charge < -0.3 is 14.2 Å². The Morgan fingerprint density at radius 2 is 1.60 bits per heavy atom. The number of ether oxygens (including phenoxy) is 3. The van der Waals surface area contributed by atoms with E-state index in [0.717, 1.165) is 35.5 Å². The maximum Gasteiger partial charge on any atom is 0.136 e. The quantitative estimate of drug-likeness (QED) is 0.682. The predicted molar refractivity (Wildman–Crippen MR) is 91.2 cm³/mol. The Hall–Kier alpha value is -0.510. The van der Waals surface area contributed by atoms with Gasteiger partial charge in [-0.15, -0.1) is 0 Å². The number of benzene rings is 1. The first-order valence-electron chi connectivity index (χ1n) is 6.06. The van der Waals surface area contributed by atoms with Crippen molar-refractivity contribution in [3.8, 4) is 17.2 Å². The Bertz CT molecular complexity index is 392. The summed E-state index contributed by atoms with van der Waals surface area (Å²) in [5.74, 6) is 2.29. The molecule has 0 amide bonds. The highest BCUT2D eigenvalue weighted by atomic mass is 79.9. The minimum atomic E-state index is -0.673. The van der Waals surface area contributed by atoms with Crippen molar-refractivity contribution in [2.75, 3.05) is 34.9 Å². The highest BCUT2D eigenvalue weighted by Crippen LogP contribution is 2.51. The van der Waals surface area contributed by atoms with E-state index in [1.807, 2.05) is 12.1 Å². The molecule has 0 aliphatic rings. The molecular formula is C14H25BrNO3P. The molecule has 0 aromatic heterocycles. The molecule has 0 saturated carbocycles. The van der Waals surface area contributed by atoms with E-state index < -0.39 is 6.77 Å². The van der Waals surface area contributed by atoms with Crippen molar-refractivity contribution in [3.05, 3.63) is 12.1 Å². The summed E-state index contributed by atoms with van der Waals surface area (Å²) in [4.78, 5) is 0. The lowest BCUT2D eigenvalue weighted by molar-refractivity contribution is 0.379. The molecule has 1 unspecified atom stereocenters. The van der Waals surface area contributed by atoms with Crippen LogP contribution in [0.5, 0.6) is 17.2 Å². The molecule has 0 aliphatic heterocycles. The third kappa shape index (κ3) is 4.51. The van der Waals surface area contributed by atoms with E-state index in [1.165, 1.54) is 0 Å². The Kier molecular flexibility index (Phi) is 9.19. The van der Waals surface area contributed by atoms with Crippen LogP contribution in [-0.4, -0.2) is 39.6 Å². The molecule has 4 nitrogen and oxygen atoms in total. The summed E-state index contributed by atoms with van der Waals surface area (Å²) in [5, 5.41) is 1.04. The zero-order chi connectivity index (χ0) is 14.4. The molecule has 116 valence electrons. The molecule has 1 rings (SSSR count). The van der Waals surface area contributed by atoms with Crippen LogP contribution in [0.25, 0.3) is 0 Å². The van der Waals surface area contributed by atoms with Crippen molar-refractivity contribution in [1.29, 1.82) is 0 Å². The second-order valence-electron chi connectivity index (χ2n) is 4.02. The first-order valence-corrected chi connectivity index (χ1v) is 9.37. The van der Waals surface area contributed by atoms with Crippen molar-refractivity contribution < 1.29 is 14.2 Å². The SMILES string of the molecule is C.CCCN(C)P(Br)c1c(OC)cc(OC)cc1OC. The lowest BCUT2D eigenvalue weighted by Gasteiger charge is -2.25. The van der Waals surface area contributed by atoms with E-state index in [1.54, 1.807) is 21.3 Å². The zero-order valence-electron chi connectivity index (χ0n) is 12.1. The number of halogens is 1. The largest absolute Gasteiger partial charge is 0.496 e. The second-order valence-corrected chi connectivity index (χ2v) is 7.69. The highest BCUT2D eigenvalue weighted by Gasteiger charge is 2.23. The van der Waals surface area contributed by atoms with Crippen LogP contribution < -0.4 is 19.5 Å². The molecule has 0 aliphatic carbocycles. The third-order valence-electron chi connectivity index (χ3n) is 2.72. The molecule has 1 atom stereocenters. The molecule has 0 bridgehead atoms. The van der Waals surface area contributed by atoms with Gasteiger partial charge in [0.05, 0.1) is 33.4 Å². The van der Waals surface area contributed by atoms with Gasteiger partial charge in [0, 0.05) is 18.7 Å². The molecule has 20 heavy (non-hydrogen) atoms. The maximum atomic E-state index is 5.48. The van der Waals surface area contributed by atoms with Crippen molar-refractivity contribution in [3.63, 3.8) is 0 Å². The van der Waals surface area contributed by atoms with Crippen molar-refractivity contribution in [2.45, 2.75) is 20.8 Å². The molecule has 0 N–H and O–H groups in total. The van der Waals surface area contributed by atoms with Gasteiger partial charge >= 0.3 is 0 Å². The summed E-state index contributed by atoms with van der Waals surface area (Å²) in [5.41, 5.74) is 0. The fraction of sp³-hybridized carbons (Fsp3) is 0.571. The normalized spacial score (nSPS) is 11.8. The summed E-state index contributed by atoms with van der Waals surface area (Å²) >= 11 is 3.77. The lowest BCUT2D eigenvalue weighted by Crippen LogP contribution is -2.19. The smallest absolute Gasteiger partial charge is 0.136 e. The Balaban J connectivity index is 0.00000361. The second kappa shape index (κ2) is 9.43. The summed E-state index contributed by atoms with van der Waals surface area (Å²) in [6.07, 6.45) is 1.10. The molecule has 1 aromatic rings. The van der Waals surface area contributed by atoms with Gasteiger partial charge in [-0.25, -0.2) is 0 Å². The maximum absolute atomic E-state index is 5.48. The van der Waals surface area contributed by atoms with Crippen LogP contribution in [0.1, 0.15) is 20.8 Å². The molecule has 6 heteroatoms. The van der Waals surface area contributed by atoms with Crippen LogP contribution in [-0.2, 0) is 0 Å². The van der Waals surface area contributed by atoms with Crippen LogP contribution >= 0.6 is 22.3 Å². The van der Waals surface area contributed by atoms with Crippen molar-refractivity contribution in [1.82, 2.24) is 4.67 Å². The Morgan fingerprint density at radius 1 is 1.10 bits per heavy atom. The van der Waals surface area contributed by atoms with Gasteiger partial charge in [0.2, 0.25) is 0 Å². The van der Waals surface area contributed by atoms with Gasteiger partial charge in [0.25, 0.3) is 0 Å². The molecule has 0 fully saturated rings. The molecule has 0 heterocycles. The molecule has 0 spiro atoms. The number of hydrogen-bond acceptors (Lipinski definition) is 4. The standard InChI is InChI=1S/C13H21BrNO3P.CH4/c1-6-7-15(2)19(14)13-11(17-4)8-10(16-3)9-12(13)18-5;/h8-9H,6-7H2,1-5H3;1H4. The lowest BCUT2D eigenvalue weighted by atomic mass is 10.3. The van der Waals surface area contributed by atoms with Gasteiger partial charge in [0.1, 0.15) is 17.2 Å². The van der Waals surface area contributed by atoms with Crippen LogP contribution in [0.4, 0.5) is 0 Å².